The second-order valence-electron chi connectivity index (χ2n) is 5.36. The number of fused-ring (bicyclic) bond motifs is 1. The molecule has 0 amide bonds. The molecule has 0 radical (unpaired) electrons. The lowest BCUT2D eigenvalue weighted by atomic mass is 9.94. The first kappa shape index (κ1) is 12.9. The first-order chi connectivity index (χ1) is 9.29. The number of hydrogen-bond acceptors (Lipinski definition) is 4. The van der Waals surface area contributed by atoms with Gasteiger partial charge >= 0.3 is 0 Å². The summed E-state index contributed by atoms with van der Waals surface area (Å²) in [5, 5.41) is 3.46. The summed E-state index contributed by atoms with van der Waals surface area (Å²) in [6.45, 7) is 5.66. The Morgan fingerprint density at radius 2 is 2.16 bits per heavy atom. The van der Waals surface area contributed by atoms with E-state index in [1.54, 1.807) is 0 Å². The molecule has 0 spiro atoms. The highest BCUT2D eigenvalue weighted by Gasteiger charge is 2.35. The van der Waals surface area contributed by atoms with Gasteiger partial charge in [-0.2, -0.15) is 0 Å². The van der Waals surface area contributed by atoms with E-state index in [-0.39, 0.29) is 0 Å². The SMILES string of the molecule is CNC1c2ccccc2OCC1N1CCOC(C)C1. The number of rotatable bonds is 2. The van der Waals surface area contributed by atoms with Crippen LogP contribution in [0.2, 0.25) is 0 Å². The normalized spacial score (nSPS) is 31.6. The van der Waals surface area contributed by atoms with Gasteiger partial charge in [-0.15, -0.1) is 0 Å². The minimum Gasteiger partial charge on any atom is -0.492 e. The summed E-state index contributed by atoms with van der Waals surface area (Å²) in [5.74, 6) is 1.01. The molecule has 1 aromatic rings. The zero-order valence-electron chi connectivity index (χ0n) is 11.6. The molecule has 1 N–H and O–H groups in total. The summed E-state index contributed by atoms with van der Waals surface area (Å²) in [6, 6.07) is 9.03. The van der Waals surface area contributed by atoms with Gasteiger partial charge in [0, 0.05) is 18.7 Å². The molecule has 0 aliphatic carbocycles. The number of nitrogens with one attached hydrogen (secondary N) is 1. The monoisotopic (exact) mass is 262 g/mol. The van der Waals surface area contributed by atoms with Crippen LogP contribution in [0.5, 0.6) is 5.75 Å². The quantitative estimate of drug-likeness (QED) is 0.874. The summed E-state index contributed by atoms with van der Waals surface area (Å²) in [6.07, 6.45) is 0.309. The lowest BCUT2D eigenvalue weighted by Gasteiger charge is -2.43. The summed E-state index contributed by atoms with van der Waals surface area (Å²) in [4.78, 5) is 2.49. The molecule has 3 rings (SSSR count). The van der Waals surface area contributed by atoms with Crippen molar-refractivity contribution < 1.29 is 9.47 Å². The van der Waals surface area contributed by atoms with Gasteiger partial charge in [0.1, 0.15) is 12.4 Å². The van der Waals surface area contributed by atoms with Crippen LogP contribution in [0.3, 0.4) is 0 Å². The Morgan fingerprint density at radius 1 is 1.32 bits per heavy atom. The molecule has 19 heavy (non-hydrogen) atoms. The highest BCUT2D eigenvalue weighted by molar-refractivity contribution is 5.38. The van der Waals surface area contributed by atoms with E-state index in [4.69, 9.17) is 9.47 Å². The molecule has 2 heterocycles. The third-order valence-electron chi connectivity index (χ3n) is 4.10. The highest BCUT2D eigenvalue weighted by Crippen LogP contribution is 2.34. The highest BCUT2D eigenvalue weighted by atomic mass is 16.5. The molecular weight excluding hydrogens is 240 g/mol. The lowest BCUT2D eigenvalue weighted by molar-refractivity contribution is -0.0500. The summed E-state index contributed by atoms with van der Waals surface area (Å²) < 4.78 is 11.6. The van der Waals surface area contributed by atoms with Gasteiger partial charge in [0.05, 0.1) is 24.8 Å². The van der Waals surface area contributed by atoms with Gasteiger partial charge in [-0.1, -0.05) is 18.2 Å². The van der Waals surface area contributed by atoms with Crippen molar-refractivity contribution in [1.29, 1.82) is 0 Å². The van der Waals surface area contributed by atoms with Crippen molar-refractivity contribution in [2.75, 3.05) is 33.4 Å². The van der Waals surface area contributed by atoms with E-state index in [2.05, 4.69) is 35.3 Å². The van der Waals surface area contributed by atoms with E-state index in [1.807, 2.05) is 13.1 Å². The van der Waals surface area contributed by atoms with Crippen molar-refractivity contribution in [3.63, 3.8) is 0 Å². The third kappa shape index (κ3) is 2.48. The maximum Gasteiger partial charge on any atom is 0.124 e. The van der Waals surface area contributed by atoms with Crippen LogP contribution in [-0.4, -0.2) is 50.4 Å². The standard InChI is InChI=1S/C15H22N2O2/c1-11-9-17(7-8-18-11)13-10-19-14-6-4-3-5-12(14)15(13)16-2/h3-6,11,13,15-16H,7-10H2,1-2H3. The van der Waals surface area contributed by atoms with Gasteiger partial charge in [-0.05, 0) is 20.0 Å². The Hall–Kier alpha value is -1.10. The molecule has 104 valence electrons. The van der Waals surface area contributed by atoms with Gasteiger partial charge in [0.15, 0.2) is 0 Å². The molecule has 4 heteroatoms. The van der Waals surface area contributed by atoms with E-state index in [0.717, 1.165) is 32.1 Å². The number of likely N-dealkylation sites (N-methyl/N-ethyl adjacent to an activating group) is 1. The summed E-state index contributed by atoms with van der Waals surface area (Å²) in [7, 11) is 2.03. The number of benzene rings is 1. The Balaban J connectivity index is 1.83. The van der Waals surface area contributed by atoms with Crippen molar-refractivity contribution >= 4 is 0 Å². The van der Waals surface area contributed by atoms with Gasteiger partial charge in [0.2, 0.25) is 0 Å². The average molecular weight is 262 g/mol. The molecule has 3 unspecified atom stereocenters. The number of ether oxygens (including phenoxy) is 2. The second-order valence-corrected chi connectivity index (χ2v) is 5.36. The maximum absolute atomic E-state index is 5.93. The molecule has 0 aromatic heterocycles. The molecule has 0 saturated carbocycles. The van der Waals surface area contributed by atoms with Crippen LogP contribution in [0.4, 0.5) is 0 Å². The predicted molar refractivity (Wildman–Crippen MR) is 74.5 cm³/mol. The second kappa shape index (κ2) is 5.49. The van der Waals surface area contributed by atoms with Crippen LogP contribution in [0.25, 0.3) is 0 Å². The fourth-order valence-electron chi connectivity index (χ4n) is 3.16. The molecule has 0 bridgehead atoms. The van der Waals surface area contributed by atoms with E-state index in [1.165, 1.54) is 5.56 Å². The molecule has 4 nitrogen and oxygen atoms in total. The largest absolute Gasteiger partial charge is 0.492 e. The smallest absolute Gasteiger partial charge is 0.124 e. The molecule has 1 saturated heterocycles. The van der Waals surface area contributed by atoms with Crippen LogP contribution < -0.4 is 10.1 Å². The van der Waals surface area contributed by atoms with Crippen molar-refractivity contribution in [3.8, 4) is 5.75 Å². The molecule has 3 atom stereocenters. The van der Waals surface area contributed by atoms with Crippen LogP contribution in [0.1, 0.15) is 18.5 Å². The van der Waals surface area contributed by atoms with Crippen molar-refractivity contribution in [1.82, 2.24) is 10.2 Å². The molecule has 2 aliphatic rings. The molecule has 1 fully saturated rings. The van der Waals surface area contributed by atoms with Crippen LogP contribution >= 0.6 is 0 Å². The topological polar surface area (TPSA) is 33.7 Å². The Morgan fingerprint density at radius 3 is 2.95 bits per heavy atom. The van der Waals surface area contributed by atoms with Crippen LogP contribution in [-0.2, 0) is 4.74 Å². The number of hydrogen-bond donors (Lipinski definition) is 1. The Kier molecular flexibility index (Phi) is 3.73. The van der Waals surface area contributed by atoms with Crippen LogP contribution in [0, 0.1) is 0 Å². The molecule has 2 aliphatic heterocycles. The van der Waals surface area contributed by atoms with E-state index >= 15 is 0 Å². The minimum absolute atomic E-state index is 0.309. The fraction of sp³-hybridized carbons (Fsp3) is 0.600. The predicted octanol–water partition coefficient (Wildman–Crippen LogP) is 1.43. The summed E-state index contributed by atoms with van der Waals surface area (Å²) >= 11 is 0. The summed E-state index contributed by atoms with van der Waals surface area (Å²) in [5.41, 5.74) is 1.26. The minimum atomic E-state index is 0.309. The van der Waals surface area contributed by atoms with Gasteiger partial charge in [0.25, 0.3) is 0 Å². The number of morpholine rings is 1. The lowest BCUT2D eigenvalue weighted by Crippen LogP contribution is -2.54. The van der Waals surface area contributed by atoms with E-state index < -0.39 is 0 Å². The van der Waals surface area contributed by atoms with Crippen molar-refractivity contribution in [2.45, 2.75) is 25.1 Å². The number of nitrogens with zero attached hydrogens (tertiary/aromatic N) is 1. The van der Waals surface area contributed by atoms with E-state index in [9.17, 15) is 0 Å². The van der Waals surface area contributed by atoms with Crippen LogP contribution in [0.15, 0.2) is 24.3 Å². The first-order valence-electron chi connectivity index (χ1n) is 7.04. The molecule has 1 aromatic carbocycles. The Labute approximate surface area is 114 Å². The van der Waals surface area contributed by atoms with Gasteiger partial charge in [-0.3, -0.25) is 4.90 Å². The van der Waals surface area contributed by atoms with E-state index in [0.29, 0.717) is 18.2 Å². The molecular formula is C15H22N2O2. The zero-order valence-corrected chi connectivity index (χ0v) is 11.6. The van der Waals surface area contributed by atoms with Gasteiger partial charge in [-0.25, -0.2) is 0 Å². The zero-order chi connectivity index (χ0) is 13.2. The van der Waals surface area contributed by atoms with Crippen molar-refractivity contribution in [2.24, 2.45) is 0 Å². The maximum atomic E-state index is 5.93. The van der Waals surface area contributed by atoms with Crippen molar-refractivity contribution in [3.05, 3.63) is 29.8 Å². The first-order valence-corrected chi connectivity index (χ1v) is 7.04. The Bertz CT molecular complexity index is 438. The number of para-hydroxylation sites is 1. The van der Waals surface area contributed by atoms with Gasteiger partial charge < -0.3 is 14.8 Å². The fourth-order valence-corrected chi connectivity index (χ4v) is 3.16. The third-order valence-corrected chi connectivity index (χ3v) is 4.10. The average Bonchev–Trinajstić information content (AvgIpc) is 2.46.